The Kier molecular flexibility index (Phi) is 4.59. The first-order valence-electron chi connectivity index (χ1n) is 7.98. The Labute approximate surface area is 133 Å². The summed E-state index contributed by atoms with van der Waals surface area (Å²) in [5.41, 5.74) is 5.06. The largest absolute Gasteiger partial charge is 0.488 e. The third-order valence-electron chi connectivity index (χ3n) is 4.27. The number of hydrogen-bond donors (Lipinski definition) is 0. The van der Waals surface area contributed by atoms with Gasteiger partial charge in [-0.05, 0) is 42.8 Å². The number of ether oxygens (including phenoxy) is 1. The molecule has 1 aliphatic heterocycles. The van der Waals surface area contributed by atoms with E-state index in [1.807, 2.05) is 6.07 Å². The standard InChI is InChI=1S/C20H23NO/c1-3-21(2)14-8-12-18-17-10-5-4-9-16(17)15-22-20-13-7-6-11-19(18)20/h4-7,9-13H,3,8,14-15H2,1-2H3. The molecule has 2 aromatic carbocycles. The maximum atomic E-state index is 6.00. The second-order valence-electron chi connectivity index (χ2n) is 5.74. The van der Waals surface area contributed by atoms with Crippen LogP contribution in [-0.2, 0) is 6.61 Å². The van der Waals surface area contributed by atoms with Crippen LogP contribution in [0.3, 0.4) is 0 Å². The smallest absolute Gasteiger partial charge is 0.127 e. The summed E-state index contributed by atoms with van der Waals surface area (Å²) in [5.74, 6) is 0.980. The fraction of sp³-hybridized carbons (Fsp3) is 0.300. The van der Waals surface area contributed by atoms with E-state index in [0.717, 1.165) is 25.3 Å². The first-order chi connectivity index (χ1) is 10.8. The zero-order valence-electron chi connectivity index (χ0n) is 13.4. The second kappa shape index (κ2) is 6.80. The molecule has 2 heteroatoms. The predicted molar refractivity (Wildman–Crippen MR) is 92.1 cm³/mol. The number of benzene rings is 2. The summed E-state index contributed by atoms with van der Waals surface area (Å²) in [6.45, 7) is 4.99. The lowest BCUT2D eigenvalue weighted by Gasteiger charge is -2.14. The average molecular weight is 293 g/mol. The van der Waals surface area contributed by atoms with Gasteiger partial charge in [0.05, 0.1) is 0 Å². The van der Waals surface area contributed by atoms with Gasteiger partial charge in [-0.3, -0.25) is 0 Å². The molecule has 2 aromatic rings. The SMILES string of the molecule is CCN(C)CCC=C1c2ccccc2COc2ccccc21. The molecule has 1 heterocycles. The summed E-state index contributed by atoms with van der Waals surface area (Å²) in [6.07, 6.45) is 3.40. The highest BCUT2D eigenvalue weighted by Gasteiger charge is 2.17. The molecule has 1 aliphatic rings. The van der Waals surface area contributed by atoms with E-state index in [0.29, 0.717) is 6.61 Å². The monoisotopic (exact) mass is 293 g/mol. The van der Waals surface area contributed by atoms with Crippen LogP contribution in [0.5, 0.6) is 5.75 Å². The van der Waals surface area contributed by atoms with Gasteiger partial charge in [-0.1, -0.05) is 55.5 Å². The van der Waals surface area contributed by atoms with Gasteiger partial charge in [0.1, 0.15) is 12.4 Å². The van der Waals surface area contributed by atoms with Gasteiger partial charge in [0.25, 0.3) is 0 Å². The lowest BCUT2D eigenvalue weighted by atomic mass is 9.93. The molecule has 0 spiro atoms. The van der Waals surface area contributed by atoms with Crippen LogP contribution in [-0.4, -0.2) is 25.0 Å². The Morgan fingerprint density at radius 1 is 1.05 bits per heavy atom. The summed E-state index contributed by atoms with van der Waals surface area (Å²) in [7, 11) is 2.16. The van der Waals surface area contributed by atoms with Crippen LogP contribution in [0.15, 0.2) is 54.6 Å². The van der Waals surface area contributed by atoms with Crippen LogP contribution in [0.1, 0.15) is 30.0 Å². The van der Waals surface area contributed by atoms with Gasteiger partial charge in [0.15, 0.2) is 0 Å². The first kappa shape index (κ1) is 14.9. The molecule has 0 saturated heterocycles. The topological polar surface area (TPSA) is 12.5 Å². The number of rotatable bonds is 4. The molecular weight excluding hydrogens is 270 g/mol. The van der Waals surface area contributed by atoms with Crippen molar-refractivity contribution in [3.63, 3.8) is 0 Å². The lowest BCUT2D eigenvalue weighted by molar-refractivity contribution is 0.307. The van der Waals surface area contributed by atoms with Gasteiger partial charge in [-0.25, -0.2) is 0 Å². The van der Waals surface area contributed by atoms with E-state index in [4.69, 9.17) is 4.74 Å². The van der Waals surface area contributed by atoms with Gasteiger partial charge in [0, 0.05) is 12.1 Å². The quantitative estimate of drug-likeness (QED) is 0.831. The first-order valence-corrected chi connectivity index (χ1v) is 7.98. The van der Waals surface area contributed by atoms with Crippen LogP contribution < -0.4 is 4.74 Å². The molecule has 0 amide bonds. The summed E-state index contributed by atoms with van der Waals surface area (Å²) in [6, 6.07) is 16.9. The van der Waals surface area contributed by atoms with E-state index in [9.17, 15) is 0 Å². The van der Waals surface area contributed by atoms with Crippen molar-refractivity contribution in [2.45, 2.75) is 20.0 Å². The van der Waals surface area contributed by atoms with E-state index in [2.05, 4.69) is 67.4 Å². The van der Waals surface area contributed by atoms with Crippen molar-refractivity contribution in [3.8, 4) is 5.75 Å². The molecule has 0 radical (unpaired) electrons. The summed E-state index contributed by atoms with van der Waals surface area (Å²) >= 11 is 0. The molecule has 0 aliphatic carbocycles. The minimum Gasteiger partial charge on any atom is -0.488 e. The third kappa shape index (κ3) is 3.07. The Morgan fingerprint density at radius 3 is 2.59 bits per heavy atom. The molecule has 0 bridgehead atoms. The Bertz CT molecular complexity index is 625. The third-order valence-corrected chi connectivity index (χ3v) is 4.27. The van der Waals surface area contributed by atoms with Gasteiger partial charge in [0.2, 0.25) is 0 Å². The zero-order chi connectivity index (χ0) is 15.4. The van der Waals surface area contributed by atoms with E-state index in [1.54, 1.807) is 0 Å². The average Bonchev–Trinajstić information content (AvgIpc) is 2.72. The van der Waals surface area contributed by atoms with E-state index >= 15 is 0 Å². The van der Waals surface area contributed by atoms with Crippen molar-refractivity contribution in [2.75, 3.05) is 20.1 Å². The van der Waals surface area contributed by atoms with Crippen LogP contribution in [0.2, 0.25) is 0 Å². The van der Waals surface area contributed by atoms with Crippen LogP contribution in [0, 0.1) is 0 Å². The number of para-hydroxylation sites is 1. The molecule has 0 saturated carbocycles. The Morgan fingerprint density at radius 2 is 1.77 bits per heavy atom. The second-order valence-corrected chi connectivity index (χ2v) is 5.74. The molecule has 0 fully saturated rings. The zero-order valence-corrected chi connectivity index (χ0v) is 13.4. The highest BCUT2D eigenvalue weighted by atomic mass is 16.5. The van der Waals surface area contributed by atoms with Gasteiger partial charge in [-0.2, -0.15) is 0 Å². The molecular formula is C20H23NO. The van der Waals surface area contributed by atoms with Crippen molar-refractivity contribution >= 4 is 5.57 Å². The van der Waals surface area contributed by atoms with Crippen molar-refractivity contribution in [1.29, 1.82) is 0 Å². The Hall–Kier alpha value is -2.06. The highest BCUT2D eigenvalue weighted by Crippen LogP contribution is 2.36. The molecule has 0 unspecified atom stereocenters. The molecule has 0 aromatic heterocycles. The fourth-order valence-corrected chi connectivity index (χ4v) is 2.83. The molecule has 114 valence electrons. The van der Waals surface area contributed by atoms with Crippen molar-refractivity contribution in [3.05, 3.63) is 71.3 Å². The summed E-state index contributed by atoms with van der Waals surface area (Å²) in [5, 5.41) is 0. The minimum atomic E-state index is 0.638. The molecule has 22 heavy (non-hydrogen) atoms. The van der Waals surface area contributed by atoms with Crippen molar-refractivity contribution in [2.24, 2.45) is 0 Å². The molecule has 3 rings (SSSR count). The van der Waals surface area contributed by atoms with Crippen LogP contribution in [0.25, 0.3) is 5.57 Å². The van der Waals surface area contributed by atoms with Crippen molar-refractivity contribution < 1.29 is 4.74 Å². The fourth-order valence-electron chi connectivity index (χ4n) is 2.83. The summed E-state index contributed by atoms with van der Waals surface area (Å²) < 4.78 is 6.00. The summed E-state index contributed by atoms with van der Waals surface area (Å²) in [4.78, 5) is 2.34. The van der Waals surface area contributed by atoms with E-state index < -0.39 is 0 Å². The molecule has 2 nitrogen and oxygen atoms in total. The lowest BCUT2D eigenvalue weighted by Crippen LogP contribution is -2.18. The number of nitrogens with zero attached hydrogens (tertiary/aromatic N) is 1. The van der Waals surface area contributed by atoms with Gasteiger partial charge >= 0.3 is 0 Å². The van der Waals surface area contributed by atoms with E-state index in [1.165, 1.54) is 22.3 Å². The van der Waals surface area contributed by atoms with Crippen LogP contribution in [0.4, 0.5) is 0 Å². The Balaban J connectivity index is 2.00. The highest BCUT2D eigenvalue weighted by molar-refractivity contribution is 5.84. The maximum absolute atomic E-state index is 6.00. The molecule has 0 N–H and O–H groups in total. The van der Waals surface area contributed by atoms with Gasteiger partial charge in [-0.15, -0.1) is 0 Å². The number of hydrogen-bond acceptors (Lipinski definition) is 2. The maximum Gasteiger partial charge on any atom is 0.127 e. The number of fused-ring (bicyclic) bond motifs is 2. The van der Waals surface area contributed by atoms with Gasteiger partial charge < -0.3 is 9.64 Å². The normalized spacial score (nSPS) is 15.1. The van der Waals surface area contributed by atoms with E-state index in [-0.39, 0.29) is 0 Å². The molecule has 0 atom stereocenters. The predicted octanol–water partition coefficient (Wildman–Crippen LogP) is 4.35. The minimum absolute atomic E-state index is 0.638. The van der Waals surface area contributed by atoms with Crippen molar-refractivity contribution in [1.82, 2.24) is 4.90 Å². The van der Waals surface area contributed by atoms with Crippen LogP contribution >= 0.6 is 0 Å².